The molecule has 1 saturated heterocycles. The number of ether oxygens (including phenoxy) is 2. The fourth-order valence-electron chi connectivity index (χ4n) is 4.48. The highest BCUT2D eigenvalue weighted by molar-refractivity contribution is 7.89. The van der Waals surface area contributed by atoms with Gasteiger partial charge in [-0.05, 0) is 49.4 Å². The minimum atomic E-state index is -4.12. The first-order valence-electron chi connectivity index (χ1n) is 12.5. The molecule has 2 aliphatic rings. The molecule has 0 spiro atoms. The standard InChI is InChI=1S/C27H28N4O7S2/c1-20(21-12-13-25-26(18-21)38-17-16-37-25)28-29-27(32)24-19-30(39(33,34)22-8-4-2-5-9-22)14-15-31(24)40(35,36)23-10-6-3-7-11-23/h2-13,18,24H,14-17,19H2,1H3,(H,29,32)/b28-20-/t24-/m0/s1. The smallest absolute Gasteiger partial charge is 0.259 e. The molecular formula is C27H28N4O7S2. The van der Waals surface area contributed by atoms with Crippen LogP contribution in [0.15, 0.2) is 93.8 Å². The number of hydrogen-bond acceptors (Lipinski definition) is 8. The summed E-state index contributed by atoms with van der Waals surface area (Å²) >= 11 is 0. The minimum absolute atomic E-state index is 0.00289. The van der Waals surface area contributed by atoms with Crippen LogP contribution >= 0.6 is 0 Å². The third-order valence-electron chi connectivity index (χ3n) is 6.62. The van der Waals surface area contributed by atoms with Crippen molar-refractivity contribution in [3.8, 4) is 11.5 Å². The number of piperazine rings is 1. The van der Waals surface area contributed by atoms with Gasteiger partial charge >= 0.3 is 0 Å². The van der Waals surface area contributed by atoms with E-state index in [1.807, 2.05) is 0 Å². The van der Waals surface area contributed by atoms with E-state index in [0.717, 1.165) is 8.61 Å². The van der Waals surface area contributed by atoms with E-state index in [0.29, 0.717) is 36.0 Å². The fraction of sp³-hybridized carbons (Fsp3) is 0.259. The van der Waals surface area contributed by atoms with E-state index in [1.165, 1.54) is 24.3 Å². The number of nitrogens with zero attached hydrogens (tertiary/aromatic N) is 3. The van der Waals surface area contributed by atoms with Crippen molar-refractivity contribution in [3.63, 3.8) is 0 Å². The molecule has 5 rings (SSSR count). The normalized spacial score (nSPS) is 18.7. The van der Waals surface area contributed by atoms with E-state index in [-0.39, 0.29) is 29.4 Å². The number of amides is 1. The molecule has 210 valence electrons. The molecule has 0 aromatic heterocycles. The third-order valence-corrected chi connectivity index (χ3v) is 10.4. The third kappa shape index (κ3) is 5.59. The van der Waals surface area contributed by atoms with E-state index < -0.39 is 32.0 Å². The van der Waals surface area contributed by atoms with Crippen molar-refractivity contribution in [1.82, 2.24) is 14.0 Å². The summed E-state index contributed by atoms with van der Waals surface area (Å²) in [5.74, 6) is 0.402. The van der Waals surface area contributed by atoms with Crippen LogP contribution in [0.3, 0.4) is 0 Å². The molecule has 0 bridgehead atoms. The minimum Gasteiger partial charge on any atom is -0.486 e. The fourth-order valence-corrected chi connectivity index (χ4v) is 7.53. The number of fused-ring (bicyclic) bond motifs is 1. The molecule has 1 amide bonds. The van der Waals surface area contributed by atoms with Gasteiger partial charge in [0, 0.05) is 25.2 Å². The lowest BCUT2D eigenvalue weighted by Gasteiger charge is -2.38. The maximum Gasteiger partial charge on any atom is 0.259 e. The Morgan fingerprint density at radius 2 is 1.43 bits per heavy atom. The molecule has 1 atom stereocenters. The summed E-state index contributed by atoms with van der Waals surface area (Å²) < 4.78 is 67.0. The highest BCUT2D eigenvalue weighted by Crippen LogP contribution is 2.31. The summed E-state index contributed by atoms with van der Waals surface area (Å²) in [4.78, 5) is 13.5. The van der Waals surface area contributed by atoms with Crippen molar-refractivity contribution in [3.05, 3.63) is 84.4 Å². The van der Waals surface area contributed by atoms with E-state index in [1.54, 1.807) is 61.5 Å². The van der Waals surface area contributed by atoms with Gasteiger partial charge in [0.1, 0.15) is 19.3 Å². The van der Waals surface area contributed by atoms with E-state index in [9.17, 15) is 21.6 Å². The molecule has 1 N–H and O–H groups in total. The number of sulfonamides is 2. The second-order valence-corrected chi connectivity index (χ2v) is 13.0. The molecule has 0 saturated carbocycles. The van der Waals surface area contributed by atoms with E-state index >= 15 is 0 Å². The Morgan fingerprint density at radius 3 is 2.08 bits per heavy atom. The van der Waals surface area contributed by atoms with Crippen molar-refractivity contribution >= 4 is 31.7 Å². The van der Waals surface area contributed by atoms with Gasteiger partial charge in [-0.15, -0.1) is 0 Å². The zero-order valence-corrected chi connectivity index (χ0v) is 23.3. The van der Waals surface area contributed by atoms with Gasteiger partial charge in [0.25, 0.3) is 5.91 Å². The second kappa shape index (κ2) is 11.4. The summed E-state index contributed by atoms with van der Waals surface area (Å²) in [6.07, 6.45) is 0. The maximum atomic E-state index is 13.5. The van der Waals surface area contributed by atoms with Gasteiger partial charge in [0.05, 0.1) is 15.5 Å². The van der Waals surface area contributed by atoms with Crippen LogP contribution in [0.25, 0.3) is 0 Å². The topological polar surface area (TPSA) is 135 Å². The molecule has 3 aromatic carbocycles. The highest BCUT2D eigenvalue weighted by atomic mass is 32.2. The first kappa shape index (κ1) is 27.8. The lowest BCUT2D eigenvalue weighted by Crippen LogP contribution is -2.60. The van der Waals surface area contributed by atoms with Crippen molar-refractivity contribution < 1.29 is 31.1 Å². The lowest BCUT2D eigenvalue weighted by molar-refractivity contribution is -0.125. The van der Waals surface area contributed by atoms with Crippen LogP contribution in [0.4, 0.5) is 0 Å². The van der Waals surface area contributed by atoms with E-state index in [4.69, 9.17) is 9.47 Å². The molecule has 3 aromatic rings. The van der Waals surface area contributed by atoms with Crippen LogP contribution in [0, 0.1) is 0 Å². The number of benzene rings is 3. The zero-order chi connectivity index (χ0) is 28.3. The summed E-state index contributed by atoms with van der Waals surface area (Å²) in [7, 11) is -8.09. The predicted molar refractivity (Wildman–Crippen MR) is 147 cm³/mol. The Bertz CT molecular complexity index is 1630. The predicted octanol–water partition coefficient (Wildman–Crippen LogP) is 2.06. The van der Waals surface area contributed by atoms with Crippen molar-refractivity contribution in [2.24, 2.45) is 5.10 Å². The van der Waals surface area contributed by atoms with Gasteiger partial charge in [-0.25, -0.2) is 22.3 Å². The summed E-state index contributed by atoms with van der Waals surface area (Å²) in [5.41, 5.74) is 3.55. The average Bonchev–Trinajstić information content (AvgIpc) is 3.00. The van der Waals surface area contributed by atoms with E-state index in [2.05, 4.69) is 10.5 Å². The molecule has 0 radical (unpaired) electrons. The van der Waals surface area contributed by atoms with Crippen LogP contribution in [0.1, 0.15) is 12.5 Å². The Morgan fingerprint density at radius 1 is 0.825 bits per heavy atom. The van der Waals surface area contributed by atoms with Gasteiger partial charge in [-0.3, -0.25) is 4.79 Å². The number of carbonyl (C=O) groups is 1. The number of nitrogens with one attached hydrogen (secondary N) is 1. The molecule has 40 heavy (non-hydrogen) atoms. The SMILES string of the molecule is C/C(=N/NC(=O)[C@@H]1CN(S(=O)(=O)c2ccccc2)CCN1S(=O)(=O)c1ccccc1)c1ccc2c(c1)OCCO2. The summed E-state index contributed by atoms with van der Waals surface area (Å²) in [6.45, 7) is 1.83. The Labute approximate surface area is 233 Å². The Kier molecular flexibility index (Phi) is 7.90. The van der Waals surface area contributed by atoms with Gasteiger partial charge < -0.3 is 9.47 Å². The number of carbonyl (C=O) groups excluding carboxylic acids is 1. The first-order valence-corrected chi connectivity index (χ1v) is 15.4. The second-order valence-electron chi connectivity index (χ2n) is 9.15. The molecule has 1 fully saturated rings. The molecule has 11 nitrogen and oxygen atoms in total. The molecule has 13 heteroatoms. The largest absolute Gasteiger partial charge is 0.486 e. The first-order chi connectivity index (χ1) is 19.2. The maximum absolute atomic E-state index is 13.5. The van der Waals surface area contributed by atoms with Gasteiger partial charge in [-0.1, -0.05) is 36.4 Å². The zero-order valence-electron chi connectivity index (χ0n) is 21.6. The average molecular weight is 585 g/mol. The number of rotatable bonds is 7. The Balaban J connectivity index is 1.42. The number of hydrazone groups is 1. The summed E-state index contributed by atoms with van der Waals surface area (Å²) in [6, 6.07) is 19.4. The number of hydrogen-bond donors (Lipinski definition) is 1. The Hall–Kier alpha value is -3.78. The quantitative estimate of drug-likeness (QED) is 0.332. The van der Waals surface area contributed by atoms with Crippen LogP contribution in [0.5, 0.6) is 11.5 Å². The highest BCUT2D eigenvalue weighted by Gasteiger charge is 2.43. The van der Waals surface area contributed by atoms with Gasteiger partial charge in [0.15, 0.2) is 11.5 Å². The van der Waals surface area contributed by atoms with Gasteiger partial charge in [0.2, 0.25) is 20.0 Å². The van der Waals surface area contributed by atoms with Crippen LogP contribution < -0.4 is 14.9 Å². The summed E-state index contributed by atoms with van der Waals surface area (Å²) in [5, 5.41) is 4.18. The van der Waals surface area contributed by atoms with Gasteiger partial charge in [-0.2, -0.15) is 13.7 Å². The van der Waals surface area contributed by atoms with Crippen LogP contribution in [0.2, 0.25) is 0 Å². The van der Waals surface area contributed by atoms with Crippen molar-refractivity contribution in [1.29, 1.82) is 0 Å². The molecule has 0 aliphatic carbocycles. The monoisotopic (exact) mass is 584 g/mol. The lowest BCUT2D eigenvalue weighted by atomic mass is 10.1. The van der Waals surface area contributed by atoms with Crippen LogP contribution in [-0.2, 0) is 24.8 Å². The molecule has 0 unspecified atom stereocenters. The molecule has 2 aliphatic heterocycles. The van der Waals surface area contributed by atoms with Crippen molar-refractivity contribution in [2.45, 2.75) is 22.8 Å². The molecule has 2 heterocycles. The molecular weight excluding hydrogens is 556 g/mol. The van der Waals surface area contributed by atoms with Crippen LogP contribution in [-0.4, -0.2) is 76.0 Å². The van der Waals surface area contributed by atoms with Crippen molar-refractivity contribution in [2.75, 3.05) is 32.8 Å².